The summed E-state index contributed by atoms with van der Waals surface area (Å²) in [5, 5.41) is 11.0. The number of nitro benzene ring substituents is 1. The Morgan fingerprint density at radius 1 is 1.26 bits per heavy atom. The fraction of sp³-hybridized carbons (Fsp3) is 0.571. The zero-order valence-electron chi connectivity index (χ0n) is 11.5. The molecular weight excluding hydrogens is 244 g/mol. The lowest BCUT2D eigenvalue weighted by molar-refractivity contribution is -0.386. The number of rotatable bonds is 4. The average Bonchev–Trinajstić information content (AvgIpc) is 2.38. The van der Waals surface area contributed by atoms with Gasteiger partial charge in [0.25, 0.3) is 0 Å². The van der Waals surface area contributed by atoms with Crippen LogP contribution in [0.5, 0.6) is 5.75 Å². The summed E-state index contributed by atoms with van der Waals surface area (Å²) < 4.78 is 5.57. The minimum atomic E-state index is -0.391. The molecule has 1 aromatic rings. The molecule has 19 heavy (non-hydrogen) atoms. The highest BCUT2D eigenvalue weighted by molar-refractivity contribution is 5.59. The smallest absolute Gasteiger partial charge is 0.311 e. The van der Waals surface area contributed by atoms with Gasteiger partial charge >= 0.3 is 5.69 Å². The second-order valence-corrected chi connectivity index (χ2v) is 5.12. The van der Waals surface area contributed by atoms with Crippen molar-refractivity contribution in [2.75, 3.05) is 18.0 Å². The first-order valence-electron chi connectivity index (χ1n) is 6.78. The Morgan fingerprint density at radius 3 is 2.53 bits per heavy atom. The monoisotopic (exact) mass is 264 g/mol. The number of ether oxygens (including phenoxy) is 1. The van der Waals surface area contributed by atoms with Crippen molar-refractivity contribution in [3.63, 3.8) is 0 Å². The van der Waals surface area contributed by atoms with Crippen LogP contribution in [0, 0.1) is 10.1 Å². The molecule has 0 saturated carbocycles. The van der Waals surface area contributed by atoms with E-state index in [1.165, 1.54) is 19.3 Å². The first-order chi connectivity index (χ1) is 9.08. The van der Waals surface area contributed by atoms with E-state index in [4.69, 9.17) is 4.74 Å². The summed E-state index contributed by atoms with van der Waals surface area (Å²) in [6, 6.07) is 5.15. The Morgan fingerprint density at radius 2 is 1.95 bits per heavy atom. The molecule has 0 bridgehead atoms. The van der Waals surface area contributed by atoms with Gasteiger partial charge in [0, 0.05) is 30.9 Å². The normalized spacial score (nSPS) is 15.6. The molecule has 1 heterocycles. The number of hydrogen-bond donors (Lipinski definition) is 0. The quantitative estimate of drug-likeness (QED) is 0.618. The number of nitro groups is 1. The molecular formula is C14H20N2O3. The van der Waals surface area contributed by atoms with Crippen molar-refractivity contribution in [1.82, 2.24) is 0 Å². The van der Waals surface area contributed by atoms with Gasteiger partial charge in [-0.15, -0.1) is 0 Å². The van der Waals surface area contributed by atoms with Gasteiger partial charge in [0.15, 0.2) is 5.75 Å². The van der Waals surface area contributed by atoms with E-state index >= 15 is 0 Å². The van der Waals surface area contributed by atoms with Crippen LogP contribution in [0.4, 0.5) is 11.4 Å². The topological polar surface area (TPSA) is 55.6 Å². The Balaban J connectivity index is 2.28. The van der Waals surface area contributed by atoms with E-state index in [9.17, 15) is 10.1 Å². The number of anilines is 1. The molecule has 5 nitrogen and oxygen atoms in total. The third-order valence-corrected chi connectivity index (χ3v) is 3.22. The summed E-state index contributed by atoms with van der Waals surface area (Å²) in [5.74, 6) is 0.364. The maximum atomic E-state index is 11.0. The largest absolute Gasteiger partial charge is 0.484 e. The van der Waals surface area contributed by atoms with Crippen molar-refractivity contribution < 1.29 is 9.66 Å². The van der Waals surface area contributed by atoms with Crippen molar-refractivity contribution in [2.45, 2.75) is 39.2 Å². The Kier molecular flexibility index (Phi) is 4.24. The molecule has 1 aliphatic rings. The lowest BCUT2D eigenvalue weighted by Crippen LogP contribution is -2.29. The van der Waals surface area contributed by atoms with Crippen molar-refractivity contribution in [1.29, 1.82) is 0 Å². The van der Waals surface area contributed by atoms with Gasteiger partial charge in [-0.3, -0.25) is 10.1 Å². The highest BCUT2D eigenvalue weighted by Gasteiger charge is 2.19. The molecule has 1 fully saturated rings. The van der Waals surface area contributed by atoms with Crippen LogP contribution in [0.25, 0.3) is 0 Å². The zero-order valence-corrected chi connectivity index (χ0v) is 11.5. The molecule has 0 aromatic heterocycles. The Labute approximate surface area is 113 Å². The van der Waals surface area contributed by atoms with Crippen LogP contribution in [0.1, 0.15) is 33.1 Å². The Hall–Kier alpha value is -1.78. The summed E-state index contributed by atoms with van der Waals surface area (Å²) in [5.41, 5.74) is 1.05. The van der Waals surface area contributed by atoms with Gasteiger partial charge in [0.05, 0.1) is 11.0 Å². The summed E-state index contributed by atoms with van der Waals surface area (Å²) in [7, 11) is 0. The average molecular weight is 264 g/mol. The number of benzene rings is 1. The van der Waals surface area contributed by atoms with Crippen LogP contribution in [-0.4, -0.2) is 24.1 Å². The van der Waals surface area contributed by atoms with Crippen LogP contribution in [0.2, 0.25) is 0 Å². The van der Waals surface area contributed by atoms with Crippen LogP contribution < -0.4 is 9.64 Å². The molecule has 0 atom stereocenters. The molecule has 1 saturated heterocycles. The molecule has 1 aromatic carbocycles. The third-order valence-electron chi connectivity index (χ3n) is 3.22. The molecule has 0 radical (unpaired) electrons. The van der Waals surface area contributed by atoms with E-state index in [1.807, 2.05) is 19.9 Å². The van der Waals surface area contributed by atoms with E-state index in [-0.39, 0.29) is 11.8 Å². The minimum Gasteiger partial charge on any atom is -0.484 e. The molecule has 104 valence electrons. The second kappa shape index (κ2) is 5.91. The predicted octanol–water partition coefficient (Wildman–Crippen LogP) is 3.37. The number of nitrogens with zero attached hydrogens (tertiary/aromatic N) is 2. The van der Waals surface area contributed by atoms with Gasteiger partial charge in [-0.1, -0.05) is 0 Å². The maximum absolute atomic E-state index is 11.0. The van der Waals surface area contributed by atoms with Crippen LogP contribution in [-0.2, 0) is 0 Å². The van der Waals surface area contributed by atoms with Gasteiger partial charge in [-0.2, -0.15) is 0 Å². The summed E-state index contributed by atoms with van der Waals surface area (Å²) in [6.07, 6.45) is 3.54. The molecule has 1 aliphatic heterocycles. The summed E-state index contributed by atoms with van der Waals surface area (Å²) in [6.45, 7) is 5.77. The molecule has 0 spiro atoms. The minimum absolute atomic E-state index is 0.0365. The highest BCUT2D eigenvalue weighted by Crippen LogP contribution is 2.33. The zero-order chi connectivity index (χ0) is 13.8. The molecule has 0 N–H and O–H groups in total. The number of hydrogen-bond acceptors (Lipinski definition) is 4. The first kappa shape index (κ1) is 13.6. The van der Waals surface area contributed by atoms with E-state index in [1.54, 1.807) is 12.1 Å². The van der Waals surface area contributed by atoms with Gasteiger partial charge in [-0.05, 0) is 39.2 Å². The molecule has 0 amide bonds. The van der Waals surface area contributed by atoms with E-state index in [0.717, 1.165) is 18.8 Å². The fourth-order valence-corrected chi connectivity index (χ4v) is 2.35. The summed E-state index contributed by atoms with van der Waals surface area (Å²) >= 11 is 0. The van der Waals surface area contributed by atoms with E-state index in [0.29, 0.717) is 5.75 Å². The van der Waals surface area contributed by atoms with Crippen LogP contribution in [0.3, 0.4) is 0 Å². The predicted molar refractivity (Wildman–Crippen MR) is 74.9 cm³/mol. The first-order valence-corrected chi connectivity index (χ1v) is 6.78. The lowest BCUT2D eigenvalue weighted by Gasteiger charge is -2.29. The van der Waals surface area contributed by atoms with Gasteiger partial charge in [0.2, 0.25) is 0 Å². The fourth-order valence-electron chi connectivity index (χ4n) is 2.35. The SMILES string of the molecule is CC(C)Oc1cc(N2CCCCC2)ccc1[N+](=O)[O-]. The second-order valence-electron chi connectivity index (χ2n) is 5.12. The van der Waals surface area contributed by atoms with Gasteiger partial charge < -0.3 is 9.64 Å². The lowest BCUT2D eigenvalue weighted by atomic mass is 10.1. The summed E-state index contributed by atoms with van der Waals surface area (Å²) in [4.78, 5) is 12.9. The Bertz CT molecular complexity index is 454. The molecule has 2 rings (SSSR count). The standard InChI is InChI=1S/C14H20N2O3/c1-11(2)19-14-10-12(6-7-13(14)16(17)18)15-8-4-3-5-9-15/h6-7,10-11H,3-5,8-9H2,1-2H3. The molecule has 0 unspecified atom stereocenters. The van der Waals surface area contributed by atoms with Crippen LogP contribution in [0.15, 0.2) is 18.2 Å². The molecule has 5 heteroatoms. The third kappa shape index (κ3) is 3.36. The van der Waals surface area contributed by atoms with Crippen molar-refractivity contribution in [3.05, 3.63) is 28.3 Å². The van der Waals surface area contributed by atoms with Crippen molar-refractivity contribution in [3.8, 4) is 5.75 Å². The van der Waals surface area contributed by atoms with Gasteiger partial charge in [0.1, 0.15) is 0 Å². The molecule has 0 aliphatic carbocycles. The highest BCUT2D eigenvalue weighted by atomic mass is 16.6. The van der Waals surface area contributed by atoms with Crippen LogP contribution >= 0.6 is 0 Å². The van der Waals surface area contributed by atoms with Crippen molar-refractivity contribution in [2.24, 2.45) is 0 Å². The van der Waals surface area contributed by atoms with E-state index < -0.39 is 4.92 Å². The van der Waals surface area contributed by atoms with Crippen molar-refractivity contribution >= 4 is 11.4 Å². The van der Waals surface area contributed by atoms with Gasteiger partial charge in [-0.25, -0.2) is 0 Å². The van der Waals surface area contributed by atoms with E-state index in [2.05, 4.69) is 4.90 Å². The number of piperidine rings is 1. The maximum Gasteiger partial charge on any atom is 0.311 e.